The monoisotopic (exact) mass is 323 g/mol. The summed E-state index contributed by atoms with van der Waals surface area (Å²) in [6.07, 6.45) is 0. The molecule has 102 valence electrons. The van der Waals surface area contributed by atoms with Crippen LogP contribution >= 0.6 is 15.9 Å². The molecule has 0 radical (unpaired) electrons. The van der Waals surface area contributed by atoms with Gasteiger partial charge in [0.05, 0.1) is 13.2 Å². The van der Waals surface area contributed by atoms with Gasteiger partial charge >= 0.3 is 0 Å². The van der Waals surface area contributed by atoms with E-state index < -0.39 is 0 Å². The van der Waals surface area contributed by atoms with Crippen molar-refractivity contribution in [2.24, 2.45) is 0 Å². The molecule has 0 aliphatic rings. The minimum absolute atomic E-state index is 0.126. The van der Waals surface area contributed by atoms with Gasteiger partial charge in [-0.1, -0.05) is 28.1 Å². The Morgan fingerprint density at radius 1 is 1.21 bits per heavy atom. The Kier molecular flexibility index (Phi) is 4.80. The van der Waals surface area contributed by atoms with Gasteiger partial charge in [-0.25, -0.2) is 0 Å². The maximum absolute atomic E-state index is 9.12. The first-order chi connectivity index (χ1) is 9.10. The topological polar surface area (TPSA) is 36.6 Å². The second-order valence-corrected chi connectivity index (χ2v) is 5.64. The van der Waals surface area contributed by atoms with Crippen LogP contribution < -0.4 is 0 Å². The third kappa shape index (κ3) is 3.69. The van der Waals surface area contributed by atoms with Gasteiger partial charge in [-0.2, -0.15) is 0 Å². The molecule has 2 rings (SSSR count). The van der Waals surface area contributed by atoms with Crippen LogP contribution in [0.5, 0.6) is 0 Å². The third-order valence-electron chi connectivity index (χ3n) is 3.21. The van der Waals surface area contributed by atoms with E-state index in [9.17, 15) is 0 Å². The Morgan fingerprint density at radius 2 is 1.89 bits per heavy atom. The first-order valence-electron chi connectivity index (χ1n) is 6.26. The number of rotatable bonds is 5. The number of furan rings is 1. The molecule has 1 N–H and O–H groups in total. The molecule has 1 aromatic heterocycles. The van der Waals surface area contributed by atoms with Gasteiger partial charge in [0.1, 0.15) is 11.5 Å². The molecule has 0 aliphatic heterocycles. The summed E-state index contributed by atoms with van der Waals surface area (Å²) >= 11 is 3.42. The van der Waals surface area contributed by atoms with Crippen LogP contribution in [0.3, 0.4) is 0 Å². The quantitative estimate of drug-likeness (QED) is 0.914. The van der Waals surface area contributed by atoms with Gasteiger partial charge in [-0.15, -0.1) is 0 Å². The van der Waals surface area contributed by atoms with E-state index in [0.717, 1.165) is 21.6 Å². The van der Waals surface area contributed by atoms with Crippen LogP contribution in [0, 0.1) is 0 Å². The lowest BCUT2D eigenvalue weighted by atomic mass is 10.2. The van der Waals surface area contributed by atoms with Gasteiger partial charge in [0, 0.05) is 16.1 Å². The lowest BCUT2D eigenvalue weighted by Crippen LogP contribution is -2.31. The first-order valence-corrected chi connectivity index (χ1v) is 7.05. The SMILES string of the molecule is CC(CO)N(C)Cc1ccc(-c2ccc(Br)cc2)o1. The summed E-state index contributed by atoms with van der Waals surface area (Å²) in [5.74, 6) is 1.77. The maximum atomic E-state index is 9.12. The highest BCUT2D eigenvalue weighted by Crippen LogP contribution is 2.24. The zero-order chi connectivity index (χ0) is 13.8. The molecule has 0 fully saturated rings. The summed E-state index contributed by atoms with van der Waals surface area (Å²) in [5.41, 5.74) is 1.06. The fraction of sp³-hybridized carbons (Fsp3) is 0.333. The van der Waals surface area contributed by atoms with E-state index in [2.05, 4.69) is 20.8 Å². The summed E-state index contributed by atoms with van der Waals surface area (Å²) in [4.78, 5) is 2.06. The molecular formula is C15H18BrNO2. The lowest BCUT2D eigenvalue weighted by Gasteiger charge is -2.21. The van der Waals surface area contributed by atoms with Crippen molar-refractivity contribution in [1.82, 2.24) is 4.90 Å². The molecule has 4 heteroatoms. The third-order valence-corrected chi connectivity index (χ3v) is 3.74. The molecule has 3 nitrogen and oxygen atoms in total. The predicted octanol–water partition coefficient (Wildman–Crippen LogP) is 3.52. The number of halogens is 1. The molecule has 0 bridgehead atoms. The Labute approximate surface area is 122 Å². The first kappa shape index (κ1) is 14.3. The molecule has 1 unspecified atom stereocenters. The Hall–Kier alpha value is -1.10. The van der Waals surface area contributed by atoms with Crippen LogP contribution in [0.25, 0.3) is 11.3 Å². The molecular weight excluding hydrogens is 306 g/mol. The summed E-state index contributed by atoms with van der Waals surface area (Å²) in [7, 11) is 1.97. The second kappa shape index (κ2) is 6.37. The van der Waals surface area contributed by atoms with E-state index >= 15 is 0 Å². The van der Waals surface area contributed by atoms with E-state index in [1.807, 2.05) is 50.4 Å². The van der Waals surface area contributed by atoms with E-state index in [-0.39, 0.29) is 12.6 Å². The van der Waals surface area contributed by atoms with Crippen molar-refractivity contribution in [2.45, 2.75) is 19.5 Å². The molecule has 0 amide bonds. The molecule has 0 saturated heterocycles. The number of benzene rings is 1. The molecule has 1 aromatic carbocycles. The molecule has 0 aliphatic carbocycles. The maximum Gasteiger partial charge on any atom is 0.134 e. The number of aliphatic hydroxyl groups is 1. The Bertz CT molecular complexity index is 521. The van der Waals surface area contributed by atoms with Crippen LogP contribution in [-0.2, 0) is 6.54 Å². The van der Waals surface area contributed by atoms with Crippen LogP contribution in [0.2, 0.25) is 0 Å². The Morgan fingerprint density at radius 3 is 2.53 bits per heavy atom. The average molecular weight is 324 g/mol. The highest BCUT2D eigenvalue weighted by Gasteiger charge is 2.11. The molecule has 0 spiro atoms. The highest BCUT2D eigenvalue weighted by atomic mass is 79.9. The van der Waals surface area contributed by atoms with Crippen LogP contribution in [0.4, 0.5) is 0 Å². The van der Waals surface area contributed by atoms with E-state index in [1.54, 1.807) is 0 Å². The zero-order valence-electron chi connectivity index (χ0n) is 11.1. The smallest absolute Gasteiger partial charge is 0.134 e. The van der Waals surface area contributed by atoms with Crippen molar-refractivity contribution in [3.8, 4) is 11.3 Å². The van der Waals surface area contributed by atoms with Crippen molar-refractivity contribution in [2.75, 3.05) is 13.7 Å². The van der Waals surface area contributed by atoms with Crippen molar-refractivity contribution in [1.29, 1.82) is 0 Å². The van der Waals surface area contributed by atoms with Crippen molar-refractivity contribution in [3.63, 3.8) is 0 Å². The van der Waals surface area contributed by atoms with Gasteiger partial charge < -0.3 is 9.52 Å². The van der Waals surface area contributed by atoms with Crippen LogP contribution in [0.15, 0.2) is 45.3 Å². The average Bonchev–Trinajstić information content (AvgIpc) is 2.87. The van der Waals surface area contributed by atoms with Crippen molar-refractivity contribution in [3.05, 3.63) is 46.6 Å². The van der Waals surface area contributed by atoms with E-state index in [0.29, 0.717) is 6.54 Å². The fourth-order valence-corrected chi connectivity index (χ4v) is 2.04. The number of hydrogen-bond acceptors (Lipinski definition) is 3. The number of nitrogens with zero attached hydrogens (tertiary/aromatic N) is 1. The zero-order valence-corrected chi connectivity index (χ0v) is 12.7. The molecule has 2 aromatic rings. The van der Waals surface area contributed by atoms with Gasteiger partial charge in [-0.3, -0.25) is 4.90 Å². The van der Waals surface area contributed by atoms with E-state index in [1.165, 1.54) is 0 Å². The number of hydrogen-bond donors (Lipinski definition) is 1. The fourth-order valence-electron chi connectivity index (χ4n) is 1.77. The van der Waals surface area contributed by atoms with Gasteiger partial charge in [0.2, 0.25) is 0 Å². The molecule has 1 atom stereocenters. The predicted molar refractivity (Wildman–Crippen MR) is 79.9 cm³/mol. The molecule has 19 heavy (non-hydrogen) atoms. The second-order valence-electron chi connectivity index (χ2n) is 4.72. The van der Waals surface area contributed by atoms with Gasteiger partial charge in [0.15, 0.2) is 0 Å². The number of likely N-dealkylation sites (N-methyl/N-ethyl adjacent to an activating group) is 1. The normalized spacial score (nSPS) is 12.9. The molecule has 0 saturated carbocycles. The minimum atomic E-state index is 0.126. The van der Waals surface area contributed by atoms with Crippen molar-refractivity contribution >= 4 is 15.9 Å². The summed E-state index contributed by atoms with van der Waals surface area (Å²) in [6, 6.07) is 12.1. The van der Waals surface area contributed by atoms with Gasteiger partial charge in [0.25, 0.3) is 0 Å². The summed E-state index contributed by atoms with van der Waals surface area (Å²) < 4.78 is 6.89. The van der Waals surface area contributed by atoms with Gasteiger partial charge in [-0.05, 0) is 38.2 Å². The summed E-state index contributed by atoms with van der Waals surface area (Å²) in [5, 5.41) is 9.12. The minimum Gasteiger partial charge on any atom is -0.460 e. The standard InChI is InChI=1S/C15H18BrNO2/c1-11(10-18)17(2)9-14-7-8-15(19-14)12-3-5-13(16)6-4-12/h3-8,11,18H,9-10H2,1-2H3. The van der Waals surface area contributed by atoms with Crippen LogP contribution in [-0.4, -0.2) is 29.7 Å². The van der Waals surface area contributed by atoms with Crippen molar-refractivity contribution < 1.29 is 9.52 Å². The molecule has 1 heterocycles. The number of aliphatic hydroxyl groups excluding tert-OH is 1. The van der Waals surface area contributed by atoms with Crippen LogP contribution in [0.1, 0.15) is 12.7 Å². The largest absolute Gasteiger partial charge is 0.460 e. The lowest BCUT2D eigenvalue weighted by molar-refractivity contribution is 0.147. The van der Waals surface area contributed by atoms with E-state index in [4.69, 9.17) is 9.52 Å². The summed E-state index contributed by atoms with van der Waals surface area (Å²) in [6.45, 7) is 2.83. The highest BCUT2D eigenvalue weighted by molar-refractivity contribution is 9.10. The Balaban J connectivity index is 2.09.